The highest BCUT2D eigenvalue weighted by Crippen LogP contribution is 2.22. The number of hydrogen-bond donors (Lipinski definition) is 2. The first-order valence-corrected chi connectivity index (χ1v) is 7.95. The fourth-order valence-corrected chi connectivity index (χ4v) is 2.78. The van der Waals surface area contributed by atoms with Gasteiger partial charge in [-0.25, -0.2) is 0 Å². The fourth-order valence-electron chi connectivity index (χ4n) is 2.57. The van der Waals surface area contributed by atoms with E-state index in [0.29, 0.717) is 11.2 Å². The molecule has 0 radical (unpaired) electrons. The highest BCUT2D eigenvalue weighted by Gasteiger charge is 2.13. The number of hydrazone groups is 1. The van der Waals surface area contributed by atoms with Gasteiger partial charge in [-0.05, 0) is 43.3 Å². The van der Waals surface area contributed by atoms with Crippen molar-refractivity contribution in [3.05, 3.63) is 23.8 Å². The topological polar surface area (TPSA) is 54.9 Å². The van der Waals surface area contributed by atoms with Crippen LogP contribution in [-0.2, 0) is 0 Å². The van der Waals surface area contributed by atoms with E-state index < -0.39 is 0 Å². The van der Waals surface area contributed by atoms with Crippen molar-refractivity contribution in [2.24, 2.45) is 5.10 Å². The summed E-state index contributed by atoms with van der Waals surface area (Å²) in [6.07, 6.45) is 7.89. The molecule has 1 fully saturated rings. The molecule has 2 rings (SSSR count). The Bertz CT molecular complexity index is 528. The van der Waals surface area contributed by atoms with Gasteiger partial charge in [0.25, 0.3) is 0 Å². The van der Waals surface area contributed by atoms with Gasteiger partial charge in [-0.2, -0.15) is 5.10 Å². The van der Waals surface area contributed by atoms with E-state index in [1.54, 1.807) is 20.4 Å². The number of rotatable bonds is 5. The second-order valence-corrected chi connectivity index (χ2v) is 5.69. The fraction of sp³-hybridized carbons (Fsp3) is 0.500. The highest BCUT2D eigenvalue weighted by atomic mass is 32.1. The van der Waals surface area contributed by atoms with Gasteiger partial charge in [-0.1, -0.05) is 19.3 Å². The van der Waals surface area contributed by atoms with Crippen LogP contribution in [0.15, 0.2) is 23.3 Å². The zero-order valence-electron chi connectivity index (χ0n) is 13.1. The molecule has 1 aliphatic rings. The molecule has 0 aliphatic heterocycles. The summed E-state index contributed by atoms with van der Waals surface area (Å²) >= 11 is 5.27. The summed E-state index contributed by atoms with van der Waals surface area (Å²) in [5, 5.41) is 8.04. The van der Waals surface area contributed by atoms with E-state index >= 15 is 0 Å². The summed E-state index contributed by atoms with van der Waals surface area (Å²) in [7, 11) is 3.26. The van der Waals surface area contributed by atoms with Crippen molar-refractivity contribution in [3.63, 3.8) is 0 Å². The van der Waals surface area contributed by atoms with Crippen molar-refractivity contribution in [1.82, 2.24) is 10.7 Å². The third kappa shape index (κ3) is 4.87. The van der Waals surface area contributed by atoms with Crippen LogP contribution in [0.1, 0.15) is 37.7 Å². The summed E-state index contributed by atoms with van der Waals surface area (Å²) < 4.78 is 10.5. The van der Waals surface area contributed by atoms with Crippen molar-refractivity contribution < 1.29 is 9.47 Å². The van der Waals surface area contributed by atoms with Crippen LogP contribution in [-0.4, -0.2) is 31.6 Å². The van der Waals surface area contributed by atoms with Crippen LogP contribution < -0.4 is 20.2 Å². The lowest BCUT2D eigenvalue weighted by Crippen LogP contribution is -2.40. The van der Waals surface area contributed by atoms with Crippen LogP contribution in [0.2, 0.25) is 0 Å². The lowest BCUT2D eigenvalue weighted by Gasteiger charge is -2.23. The van der Waals surface area contributed by atoms with Gasteiger partial charge in [0, 0.05) is 11.6 Å². The third-order valence-electron chi connectivity index (χ3n) is 3.75. The summed E-state index contributed by atoms with van der Waals surface area (Å²) in [6.45, 7) is 0. The van der Waals surface area contributed by atoms with Crippen molar-refractivity contribution in [1.29, 1.82) is 0 Å². The molecule has 1 saturated carbocycles. The summed E-state index contributed by atoms with van der Waals surface area (Å²) in [5.41, 5.74) is 3.69. The van der Waals surface area contributed by atoms with Crippen LogP contribution in [0.3, 0.4) is 0 Å². The Morgan fingerprint density at radius 1 is 1.23 bits per heavy atom. The van der Waals surface area contributed by atoms with E-state index in [0.717, 1.165) is 17.1 Å². The van der Waals surface area contributed by atoms with E-state index in [-0.39, 0.29) is 0 Å². The maximum Gasteiger partial charge on any atom is 0.187 e. The monoisotopic (exact) mass is 321 g/mol. The van der Waals surface area contributed by atoms with Gasteiger partial charge in [0.1, 0.15) is 11.5 Å². The van der Waals surface area contributed by atoms with Crippen molar-refractivity contribution in [2.75, 3.05) is 14.2 Å². The van der Waals surface area contributed by atoms with Crippen LogP contribution in [0.4, 0.5) is 0 Å². The van der Waals surface area contributed by atoms with E-state index in [2.05, 4.69) is 15.8 Å². The van der Waals surface area contributed by atoms with Gasteiger partial charge < -0.3 is 14.8 Å². The largest absolute Gasteiger partial charge is 0.497 e. The molecule has 1 aromatic rings. The standard InChI is InChI=1S/C16H23N3O2S/c1-20-14-8-9-15(21-2)12(10-14)11-17-19-16(22)18-13-6-4-3-5-7-13/h8-11,13H,3-7H2,1-2H3,(H2,18,19,22). The third-order valence-corrected chi connectivity index (χ3v) is 3.96. The number of thiocarbonyl (C=S) groups is 1. The van der Waals surface area contributed by atoms with Gasteiger partial charge in [0.15, 0.2) is 5.11 Å². The van der Waals surface area contributed by atoms with E-state index in [1.165, 1.54) is 32.1 Å². The Morgan fingerprint density at radius 3 is 2.68 bits per heavy atom. The molecule has 0 spiro atoms. The predicted octanol–water partition coefficient (Wildman–Crippen LogP) is 2.83. The van der Waals surface area contributed by atoms with Crippen LogP contribution in [0.25, 0.3) is 0 Å². The molecule has 5 nitrogen and oxygen atoms in total. The van der Waals surface area contributed by atoms with E-state index in [1.807, 2.05) is 18.2 Å². The Hall–Kier alpha value is -1.82. The number of hydrogen-bond acceptors (Lipinski definition) is 4. The molecule has 0 bridgehead atoms. The minimum Gasteiger partial charge on any atom is -0.497 e. The van der Waals surface area contributed by atoms with Gasteiger partial charge in [0.05, 0.1) is 20.4 Å². The molecule has 120 valence electrons. The quantitative estimate of drug-likeness (QED) is 0.496. The summed E-state index contributed by atoms with van der Waals surface area (Å²) in [4.78, 5) is 0. The number of ether oxygens (including phenoxy) is 2. The maximum atomic E-state index is 5.30. The Labute approximate surface area is 137 Å². The number of nitrogens with zero attached hydrogens (tertiary/aromatic N) is 1. The molecule has 0 heterocycles. The Morgan fingerprint density at radius 2 is 2.00 bits per heavy atom. The second-order valence-electron chi connectivity index (χ2n) is 5.29. The highest BCUT2D eigenvalue weighted by molar-refractivity contribution is 7.80. The van der Waals surface area contributed by atoms with Gasteiger partial charge >= 0.3 is 0 Å². The average molecular weight is 321 g/mol. The molecule has 0 saturated heterocycles. The van der Waals surface area contributed by atoms with Crippen LogP contribution in [0.5, 0.6) is 11.5 Å². The van der Waals surface area contributed by atoms with Crippen LogP contribution >= 0.6 is 12.2 Å². The summed E-state index contributed by atoms with van der Waals surface area (Å²) in [5.74, 6) is 1.49. The maximum absolute atomic E-state index is 5.30. The van der Waals surface area contributed by atoms with Crippen molar-refractivity contribution in [2.45, 2.75) is 38.1 Å². The molecule has 6 heteroatoms. The Kier molecular flexibility index (Phi) is 6.45. The zero-order chi connectivity index (χ0) is 15.8. The minimum absolute atomic E-state index is 0.468. The van der Waals surface area contributed by atoms with E-state index in [4.69, 9.17) is 21.7 Å². The van der Waals surface area contributed by atoms with E-state index in [9.17, 15) is 0 Å². The number of nitrogens with one attached hydrogen (secondary N) is 2. The van der Waals surface area contributed by atoms with Gasteiger partial charge in [-0.15, -0.1) is 0 Å². The smallest absolute Gasteiger partial charge is 0.187 e. The lowest BCUT2D eigenvalue weighted by molar-refractivity contribution is 0.402. The molecular formula is C16H23N3O2S. The molecule has 22 heavy (non-hydrogen) atoms. The Balaban J connectivity index is 1.89. The first-order valence-electron chi connectivity index (χ1n) is 7.54. The average Bonchev–Trinajstić information content (AvgIpc) is 2.55. The molecule has 2 N–H and O–H groups in total. The number of benzene rings is 1. The molecule has 0 aromatic heterocycles. The zero-order valence-corrected chi connectivity index (χ0v) is 13.9. The molecule has 0 amide bonds. The first kappa shape index (κ1) is 16.5. The molecular weight excluding hydrogens is 298 g/mol. The molecule has 1 aliphatic carbocycles. The van der Waals surface area contributed by atoms with Crippen LogP contribution in [0, 0.1) is 0 Å². The number of methoxy groups -OCH3 is 2. The minimum atomic E-state index is 0.468. The molecule has 1 aromatic carbocycles. The van der Waals surface area contributed by atoms with Gasteiger partial charge in [0.2, 0.25) is 0 Å². The molecule has 0 unspecified atom stereocenters. The molecule has 0 atom stereocenters. The first-order chi connectivity index (χ1) is 10.7. The SMILES string of the molecule is COc1ccc(OC)c(C=NNC(=S)NC2CCCCC2)c1. The predicted molar refractivity (Wildman–Crippen MR) is 92.9 cm³/mol. The normalized spacial score (nSPS) is 15.5. The summed E-state index contributed by atoms with van der Waals surface area (Å²) in [6, 6.07) is 6.02. The van der Waals surface area contributed by atoms with Crippen molar-refractivity contribution >= 4 is 23.5 Å². The lowest BCUT2D eigenvalue weighted by atomic mass is 9.96. The van der Waals surface area contributed by atoms with Crippen molar-refractivity contribution in [3.8, 4) is 11.5 Å². The van der Waals surface area contributed by atoms with Gasteiger partial charge in [-0.3, -0.25) is 5.43 Å². The second kappa shape index (κ2) is 8.58.